The molecule has 0 heterocycles. The molecule has 0 aliphatic carbocycles. The first-order chi connectivity index (χ1) is 11.0. The second-order valence-electron chi connectivity index (χ2n) is 5.20. The second-order valence-corrected chi connectivity index (χ2v) is 5.61. The summed E-state index contributed by atoms with van der Waals surface area (Å²) >= 11 is 5.15. The summed E-state index contributed by atoms with van der Waals surface area (Å²) < 4.78 is 31.7. The third-order valence-electron chi connectivity index (χ3n) is 3.14. The summed E-state index contributed by atoms with van der Waals surface area (Å²) in [4.78, 5) is 0. The quantitative estimate of drug-likeness (QED) is 0.808. The first-order valence-corrected chi connectivity index (χ1v) is 7.57. The molecule has 6 heteroatoms. The fourth-order valence-corrected chi connectivity index (χ4v) is 2.26. The van der Waals surface area contributed by atoms with Crippen LogP contribution in [-0.2, 0) is 0 Å². The number of hydrogen-bond donors (Lipinski definition) is 2. The molecule has 0 amide bonds. The predicted molar refractivity (Wildman–Crippen MR) is 91.9 cm³/mol. The van der Waals surface area contributed by atoms with Crippen LogP contribution in [0.5, 0.6) is 5.75 Å². The average molecular weight is 336 g/mol. The normalized spacial score (nSPS) is 11.7. The molecule has 122 valence electrons. The highest BCUT2D eigenvalue weighted by molar-refractivity contribution is 7.80. The number of benzene rings is 2. The van der Waals surface area contributed by atoms with Gasteiger partial charge in [-0.15, -0.1) is 0 Å². The van der Waals surface area contributed by atoms with Crippen molar-refractivity contribution in [3.8, 4) is 5.75 Å². The van der Waals surface area contributed by atoms with Gasteiger partial charge < -0.3 is 15.4 Å². The zero-order valence-corrected chi connectivity index (χ0v) is 13.7. The molecule has 0 aromatic heterocycles. The average Bonchev–Trinajstić information content (AvgIpc) is 2.50. The van der Waals surface area contributed by atoms with Gasteiger partial charge in [0.1, 0.15) is 12.4 Å². The van der Waals surface area contributed by atoms with Crippen molar-refractivity contribution in [2.24, 2.45) is 0 Å². The number of aryl methyl sites for hydroxylation is 1. The van der Waals surface area contributed by atoms with Crippen LogP contribution < -0.4 is 15.4 Å². The summed E-state index contributed by atoms with van der Waals surface area (Å²) in [5.74, 6) is -0.996. The molecule has 0 aliphatic heterocycles. The lowest BCUT2D eigenvalue weighted by Crippen LogP contribution is -2.39. The van der Waals surface area contributed by atoms with Crippen molar-refractivity contribution < 1.29 is 13.5 Å². The molecular weight excluding hydrogens is 318 g/mol. The number of para-hydroxylation sites is 1. The molecule has 2 aromatic rings. The van der Waals surface area contributed by atoms with Crippen LogP contribution in [-0.4, -0.2) is 17.8 Å². The molecule has 2 aromatic carbocycles. The van der Waals surface area contributed by atoms with Crippen LogP contribution >= 0.6 is 12.2 Å². The van der Waals surface area contributed by atoms with Crippen LogP contribution in [0.4, 0.5) is 14.5 Å². The summed E-state index contributed by atoms with van der Waals surface area (Å²) in [6.45, 7) is 4.31. The third-order valence-corrected chi connectivity index (χ3v) is 3.36. The van der Waals surface area contributed by atoms with Gasteiger partial charge in [-0.2, -0.15) is 0 Å². The maximum atomic E-state index is 13.1. The van der Waals surface area contributed by atoms with Crippen LogP contribution in [0.2, 0.25) is 0 Å². The zero-order chi connectivity index (χ0) is 16.8. The van der Waals surface area contributed by atoms with E-state index in [0.29, 0.717) is 17.4 Å². The lowest BCUT2D eigenvalue weighted by molar-refractivity contribution is 0.285. The van der Waals surface area contributed by atoms with Crippen molar-refractivity contribution in [2.45, 2.75) is 19.9 Å². The maximum absolute atomic E-state index is 13.1. The summed E-state index contributed by atoms with van der Waals surface area (Å²) in [5.41, 5.74) is 1.44. The number of rotatable bonds is 5. The Hall–Kier alpha value is -2.21. The Morgan fingerprint density at radius 2 is 1.91 bits per heavy atom. The maximum Gasteiger partial charge on any atom is 0.171 e. The Morgan fingerprint density at radius 3 is 2.61 bits per heavy atom. The fourth-order valence-electron chi connectivity index (χ4n) is 1.94. The summed E-state index contributed by atoms with van der Waals surface area (Å²) in [6, 6.07) is 11.2. The van der Waals surface area contributed by atoms with E-state index < -0.39 is 11.6 Å². The van der Waals surface area contributed by atoms with E-state index in [4.69, 9.17) is 17.0 Å². The molecule has 3 nitrogen and oxygen atoms in total. The highest BCUT2D eigenvalue weighted by atomic mass is 32.1. The number of thiocarbonyl (C=S) groups is 1. The number of nitrogens with one attached hydrogen (secondary N) is 2. The molecule has 0 spiro atoms. The van der Waals surface area contributed by atoms with E-state index in [2.05, 4.69) is 10.6 Å². The van der Waals surface area contributed by atoms with Gasteiger partial charge in [0.2, 0.25) is 0 Å². The molecule has 0 fully saturated rings. The van der Waals surface area contributed by atoms with Gasteiger partial charge in [-0.3, -0.25) is 0 Å². The van der Waals surface area contributed by atoms with Crippen LogP contribution in [0.1, 0.15) is 12.5 Å². The van der Waals surface area contributed by atoms with Crippen molar-refractivity contribution in [3.63, 3.8) is 0 Å². The molecule has 0 saturated carbocycles. The highest BCUT2D eigenvalue weighted by Crippen LogP contribution is 2.16. The SMILES string of the molecule is Cc1ccccc1OCC(C)NC(=S)Nc1ccc(F)c(F)c1. The molecule has 1 unspecified atom stereocenters. The highest BCUT2D eigenvalue weighted by Gasteiger charge is 2.08. The van der Waals surface area contributed by atoms with Crippen LogP contribution in [0.15, 0.2) is 42.5 Å². The van der Waals surface area contributed by atoms with Gasteiger partial charge in [0.05, 0.1) is 6.04 Å². The molecule has 0 bridgehead atoms. The number of halogens is 2. The molecule has 2 N–H and O–H groups in total. The third kappa shape index (κ3) is 5.17. The van der Waals surface area contributed by atoms with Crippen LogP contribution in [0.25, 0.3) is 0 Å². The Labute approximate surface area is 139 Å². The number of hydrogen-bond acceptors (Lipinski definition) is 2. The van der Waals surface area contributed by atoms with Gasteiger partial charge in [0, 0.05) is 11.8 Å². The van der Waals surface area contributed by atoms with Crippen LogP contribution in [0, 0.1) is 18.6 Å². The van der Waals surface area contributed by atoms with Gasteiger partial charge in [-0.25, -0.2) is 8.78 Å². The molecule has 0 aliphatic rings. The minimum absolute atomic E-state index is 0.0556. The molecule has 2 rings (SSSR count). The van der Waals surface area contributed by atoms with Crippen molar-refractivity contribution in [1.82, 2.24) is 5.32 Å². The number of ether oxygens (including phenoxy) is 1. The lowest BCUT2D eigenvalue weighted by Gasteiger charge is -2.18. The van der Waals surface area contributed by atoms with E-state index in [-0.39, 0.29) is 6.04 Å². The van der Waals surface area contributed by atoms with Gasteiger partial charge >= 0.3 is 0 Å². The molecule has 0 radical (unpaired) electrons. The molecular formula is C17H18F2N2OS. The largest absolute Gasteiger partial charge is 0.491 e. The lowest BCUT2D eigenvalue weighted by atomic mass is 10.2. The smallest absolute Gasteiger partial charge is 0.171 e. The van der Waals surface area contributed by atoms with Gasteiger partial charge in [0.25, 0.3) is 0 Å². The van der Waals surface area contributed by atoms with Gasteiger partial charge in [-0.05, 0) is 49.8 Å². The van der Waals surface area contributed by atoms with Crippen molar-refractivity contribution in [1.29, 1.82) is 0 Å². The molecule has 0 saturated heterocycles. The Morgan fingerprint density at radius 1 is 1.17 bits per heavy atom. The van der Waals surface area contributed by atoms with Crippen molar-refractivity contribution in [3.05, 3.63) is 59.7 Å². The van der Waals surface area contributed by atoms with Gasteiger partial charge in [0.15, 0.2) is 16.7 Å². The van der Waals surface area contributed by atoms with E-state index in [1.54, 1.807) is 0 Å². The predicted octanol–water partition coefficient (Wildman–Crippen LogP) is 4.03. The first-order valence-electron chi connectivity index (χ1n) is 7.16. The van der Waals surface area contributed by atoms with Crippen molar-refractivity contribution >= 4 is 23.0 Å². The number of anilines is 1. The van der Waals surface area contributed by atoms with E-state index in [1.165, 1.54) is 6.07 Å². The fraction of sp³-hybridized carbons (Fsp3) is 0.235. The van der Waals surface area contributed by atoms with E-state index in [1.807, 2.05) is 38.1 Å². The standard InChI is InChI=1S/C17H18F2N2OS/c1-11-5-3-4-6-16(11)22-10-12(2)20-17(23)21-13-7-8-14(18)15(19)9-13/h3-9,12H,10H2,1-2H3,(H2,20,21,23). The Balaban J connectivity index is 1.82. The zero-order valence-electron chi connectivity index (χ0n) is 12.9. The van der Waals surface area contributed by atoms with E-state index in [9.17, 15) is 8.78 Å². The van der Waals surface area contributed by atoms with E-state index >= 15 is 0 Å². The molecule has 1 atom stereocenters. The van der Waals surface area contributed by atoms with Crippen LogP contribution in [0.3, 0.4) is 0 Å². The summed E-state index contributed by atoms with van der Waals surface area (Å²) in [7, 11) is 0. The van der Waals surface area contributed by atoms with E-state index in [0.717, 1.165) is 23.4 Å². The summed E-state index contributed by atoms with van der Waals surface area (Å²) in [6.07, 6.45) is 0. The Bertz CT molecular complexity index is 694. The second kappa shape index (κ2) is 7.87. The molecule has 23 heavy (non-hydrogen) atoms. The first kappa shape index (κ1) is 17.1. The minimum Gasteiger partial charge on any atom is -0.491 e. The topological polar surface area (TPSA) is 33.3 Å². The monoisotopic (exact) mass is 336 g/mol. The van der Waals surface area contributed by atoms with Crippen molar-refractivity contribution in [2.75, 3.05) is 11.9 Å². The minimum atomic E-state index is -0.922. The Kier molecular flexibility index (Phi) is 5.87. The summed E-state index contributed by atoms with van der Waals surface area (Å²) in [5, 5.41) is 6.16. The van der Waals surface area contributed by atoms with Gasteiger partial charge in [-0.1, -0.05) is 18.2 Å².